The average molecular weight is 209 g/mol. The van der Waals surface area contributed by atoms with Gasteiger partial charge in [-0.1, -0.05) is 21.5 Å². The molecule has 0 bridgehead atoms. The normalized spacial score (nSPS) is 12.7. The molecule has 0 aliphatic carbocycles. The molecule has 0 aromatic carbocycles. The van der Waals surface area contributed by atoms with Crippen LogP contribution in [-0.4, -0.2) is 20.5 Å². The number of halogens is 1. The molecule has 0 saturated carbocycles. The number of rotatable bonds is 4. The fraction of sp³-hybridized carbons (Fsp3) is 0.714. The highest BCUT2D eigenvalue weighted by Gasteiger charge is 2.04. The second-order valence-corrected chi connectivity index (χ2v) is 2.52. The Bertz CT molecular complexity index is 108. The number of hydrogen-bond acceptors (Lipinski definition) is 2. The van der Waals surface area contributed by atoms with E-state index in [1.165, 1.54) is 5.57 Å². The minimum absolute atomic E-state index is 0.117. The molecule has 0 heterocycles. The van der Waals surface area contributed by atoms with Crippen molar-refractivity contribution < 1.29 is 9.47 Å². The minimum atomic E-state index is -0.117. The van der Waals surface area contributed by atoms with Gasteiger partial charge in [0.25, 0.3) is 0 Å². The summed E-state index contributed by atoms with van der Waals surface area (Å²) in [5.74, 6) is 0. The summed E-state index contributed by atoms with van der Waals surface area (Å²) in [6.45, 7) is 2.01. The average Bonchev–Trinajstić information content (AvgIpc) is 1.99. The fourth-order valence-electron chi connectivity index (χ4n) is 0.570. The van der Waals surface area contributed by atoms with Crippen LogP contribution in [0.25, 0.3) is 0 Å². The van der Waals surface area contributed by atoms with Crippen molar-refractivity contribution in [1.29, 1.82) is 0 Å². The molecular formula is C7H13BrO2. The maximum absolute atomic E-state index is 4.99. The van der Waals surface area contributed by atoms with E-state index < -0.39 is 0 Å². The van der Waals surface area contributed by atoms with Crippen LogP contribution in [0, 0.1) is 0 Å². The lowest BCUT2D eigenvalue weighted by atomic mass is 10.2. The fourth-order valence-corrected chi connectivity index (χ4v) is 0.757. The summed E-state index contributed by atoms with van der Waals surface area (Å²) in [6, 6.07) is 0. The monoisotopic (exact) mass is 208 g/mol. The predicted octanol–water partition coefficient (Wildman–Crippen LogP) is 2.29. The second kappa shape index (κ2) is 5.89. The van der Waals surface area contributed by atoms with Crippen LogP contribution in [-0.2, 0) is 9.47 Å². The Morgan fingerprint density at radius 2 is 2.00 bits per heavy atom. The zero-order valence-corrected chi connectivity index (χ0v) is 8.14. The van der Waals surface area contributed by atoms with E-state index in [1.807, 2.05) is 11.9 Å². The molecule has 3 heteroatoms. The van der Waals surface area contributed by atoms with Gasteiger partial charge in [-0.15, -0.1) is 0 Å². The van der Waals surface area contributed by atoms with Gasteiger partial charge in [0.05, 0.1) is 0 Å². The van der Waals surface area contributed by atoms with Crippen LogP contribution in [0.2, 0.25) is 0 Å². The maximum atomic E-state index is 4.99. The molecule has 0 unspecified atom stereocenters. The van der Waals surface area contributed by atoms with Crippen LogP contribution >= 0.6 is 15.9 Å². The first-order valence-electron chi connectivity index (χ1n) is 3.06. The van der Waals surface area contributed by atoms with E-state index in [1.54, 1.807) is 14.2 Å². The molecular weight excluding hydrogens is 196 g/mol. The Kier molecular flexibility index (Phi) is 5.97. The molecule has 2 nitrogen and oxygen atoms in total. The third-order valence-corrected chi connectivity index (χ3v) is 1.98. The molecule has 0 fully saturated rings. The Hall–Kier alpha value is 0.140. The summed E-state index contributed by atoms with van der Waals surface area (Å²) in [5.41, 5.74) is 1.20. The molecule has 0 amide bonds. The van der Waals surface area contributed by atoms with Gasteiger partial charge >= 0.3 is 0 Å². The zero-order chi connectivity index (χ0) is 7.98. The highest BCUT2D eigenvalue weighted by molar-refractivity contribution is 9.11. The summed E-state index contributed by atoms with van der Waals surface area (Å²) in [6.07, 6.45) is 0.687. The number of hydrogen-bond donors (Lipinski definition) is 0. The quantitative estimate of drug-likeness (QED) is 0.661. The van der Waals surface area contributed by atoms with Crippen molar-refractivity contribution in [3.05, 3.63) is 10.6 Å². The molecule has 60 valence electrons. The molecule has 0 N–H and O–H groups in total. The molecule has 0 rings (SSSR count). The van der Waals surface area contributed by atoms with Crippen LogP contribution in [0.4, 0.5) is 0 Å². The smallest absolute Gasteiger partial charge is 0.160 e. The van der Waals surface area contributed by atoms with Crippen molar-refractivity contribution >= 4 is 15.9 Å². The van der Waals surface area contributed by atoms with Crippen LogP contribution in [0.15, 0.2) is 10.6 Å². The van der Waals surface area contributed by atoms with Crippen LogP contribution in [0.1, 0.15) is 13.3 Å². The second-order valence-electron chi connectivity index (χ2n) is 2.06. The van der Waals surface area contributed by atoms with Crippen molar-refractivity contribution in [1.82, 2.24) is 0 Å². The first kappa shape index (κ1) is 10.1. The maximum Gasteiger partial charge on any atom is 0.160 e. The van der Waals surface area contributed by atoms with Gasteiger partial charge in [0, 0.05) is 20.6 Å². The van der Waals surface area contributed by atoms with Gasteiger partial charge in [0.2, 0.25) is 0 Å². The molecule has 0 spiro atoms. The van der Waals surface area contributed by atoms with Crippen LogP contribution in [0.3, 0.4) is 0 Å². The summed E-state index contributed by atoms with van der Waals surface area (Å²) in [5, 5.41) is 0. The van der Waals surface area contributed by atoms with Crippen molar-refractivity contribution in [2.75, 3.05) is 14.2 Å². The predicted molar refractivity (Wildman–Crippen MR) is 45.1 cm³/mol. The molecule has 0 saturated heterocycles. The largest absolute Gasteiger partial charge is 0.356 e. The standard InChI is InChI=1S/C7H13BrO2/c1-6(5-8)4-7(9-2)10-3/h5,7H,4H2,1-3H3/b6-5+. The van der Waals surface area contributed by atoms with E-state index >= 15 is 0 Å². The van der Waals surface area contributed by atoms with Crippen molar-refractivity contribution in [3.63, 3.8) is 0 Å². The lowest BCUT2D eigenvalue weighted by molar-refractivity contribution is -0.100. The molecule has 0 aliphatic heterocycles. The Morgan fingerprint density at radius 3 is 2.30 bits per heavy atom. The summed E-state index contributed by atoms with van der Waals surface area (Å²) < 4.78 is 9.98. The Balaban J connectivity index is 3.63. The van der Waals surface area contributed by atoms with E-state index in [0.29, 0.717) is 0 Å². The van der Waals surface area contributed by atoms with E-state index in [-0.39, 0.29) is 6.29 Å². The van der Waals surface area contributed by atoms with Gasteiger partial charge < -0.3 is 9.47 Å². The summed E-state index contributed by atoms with van der Waals surface area (Å²) in [7, 11) is 3.27. The summed E-state index contributed by atoms with van der Waals surface area (Å²) in [4.78, 5) is 1.87. The highest BCUT2D eigenvalue weighted by atomic mass is 79.9. The Morgan fingerprint density at radius 1 is 1.50 bits per heavy atom. The molecule has 0 aromatic heterocycles. The van der Waals surface area contributed by atoms with Gasteiger partial charge in [0.1, 0.15) is 0 Å². The van der Waals surface area contributed by atoms with E-state index in [9.17, 15) is 0 Å². The lowest BCUT2D eigenvalue weighted by Gasteiger charge is -2.12. The van der Waals surface area contributed by atoms with Crippen LogP contribution < -0.4 is 0 Å². The van der Waals surface area contributed by atoms with Crippen molar-refractivity contribution in [2.45, 2.75) is 19.6 Å². The Labute approximate surface area is 70.3 Å². The topological polar surface area (TPSA) is 18.5 Å². The lowest BCUT2D eigenvalue weighted by Crippen LogP contribution is -2.12. The van der Waals surface area contributed by atoms with Crippen LogP contribution in [0.5, 0.6) is 0 Å². The van der Waals surface area contributed by atoms with Gasteiger partial charge in [-0.3, -0.25) is 0 Å². The molecule has 0 atom stereocenters. The highest BCUT2D eigenvalue weighted by Crippen LogP contribution is 2.09. The minimum Gasteiger partial charge on any atom is -0.356 e. The third-order valence-electron chi connectivity index (χ3n) is 1.20. The van der Waals surface area contributed by atoms with Gasteiger partial charge in [-0.25, -0.2) is 0 Å². The van der Waals surface area contributed by atoms with Crippen molar-refractivity contribution in [3.8, 4) is 0 Å². The zero-order valence-electron chi connectivity index (χ0n) is 6.56. The molecule has 0 aliphatic rings. The SMILES string of the molecule is COC(C/C(C)=C/Br)OC. The molecule has 0 aromatic rings. The van der Waals surface area contributed by atoms with Gasteiger partial charge in [-0.2, -0.15) is 0 Å². The number of ether oxygens (including phenoxy) is 2. The third kappa shape index (κ3) is 4.04. The van der Waals surface area contributed by atoms with Crippen molar-refractivity contribution in [2.24, 2.45) is 0 Å². The summed E-state index contributed by atoms with van der Waals surface area (Å²) >= 11 is 3.23. The van der Waals surface area contributed by atoms with Gasteiger partial charge in [0.15, 0.2) is 6.29 Å². The number of methoxy groups -OCH3 is 2. The van der Waals surface area contributed by atoms with Gasteiger partial charge in [-0.05, 0) is 11.9 Å². The molecule has 0 radical (unpaired) electrons. The van der Waals surface area contributed by atoms with E-state index in [4.69, 9.17) is 9.47 Å². The molecule has 10 heavy (non-hydrogen) atoms. The van der Waals surface area contributed by atoms with E-state index in [2.05, 4.69) is 15.9 Å². The van der Waals surface area contributed by atoms with E-state index in [0.717, 1.165) is 6.42 Å². The first-order valence-corrected chi connectivity index (χ1v) is 3.97. The first-order chi connectivity index (χ1) is 4.74.